The maximum atomic E-state index is 10.8. The van der Waals surface area contributed by atoms with Gasteiger partial charge in [-0.1, -0.05) is 6.92 Å². The zero-order chi connectivity index (χ0) is 13.4. The number of likely N-dealkylation sites (N-methyl/N-ethyl adjacent to an activating group) is 1. The Kier molecular flexibility index (Phi) is 6.18. The highest BCUT2D eigenvalue weighted by Gasteiger charge is 2.04. The van der Waals surface area contributed by atoms with Gasteiger partial charge in [-0.25, -0.2) is 0 Å². The summed E-state index contributed by atoms with van der Waals surface area (Å²) in [5, 5.41) is 15.3. The van der Waals surface area contributed by atoms with Crippen molar-refractivity contribution in [3.05, 3.63) is 24.3 Å². The summed E-state index contributed by atoms with van der Waals surface area (Å²) in [6.45, 7) is 5.02. The van der Waals surface area contributed by atoms with Gasteiger partial charge in [-0.05, 0) is 30.8 Å². The molecule has 0 fully saturated rings. The third-order valence-electron chi connectivity index (χ3n) is 2.25. The number of rotatable bonds is 7. The number of anilines is 1. The van der Waals surface area contributed by atoms with Crippen LogP contribution in [-0.2, 0) is 4.79 Å². The van der Waals surface area contributed by atoms with Crippen molar-refractivity contribution in [3.8, 4) is 5.75 Å². The van der Waals surface area contributed by atoms with E-state index < -0.39 is 6.10 Å². The first-order valence-corrected chi connectivity index (χ1v) is 6.01. The normalized spacial score (nSPS) is 11.9. The second kappa shape index (κ2) is 7.68. The van der Waals surface area contributed by atoms with Crippen LogP contribution in [0.2, 0.25) is 0 Å². The number of hydrogen-bond acceptors (Lipinski definition) is 4. The van der Waals surface area contributed by atoms with Gasteiger partial charge < -0.3 is 20.5 Å². The van der Waals surface area contributed by atoms with Crippen LogP contribution in [0.4, 0.5) is 5.69 Å². The first kappa shape index (κ1) is 14.5. The first-order chi connectivity index (χ1) is 8.61. The number of hydrogen-bond donors (Lipinski definition) is 3. The number of carbonyl (C=O) groups excluding carboxylic acids is 1. The molecule has 1 aromatic rings. The molecule has 1 aromatic carbocycles. The van der Waals surface area contributed by atoms with E-state index in [1.165, 1.54) is 6.92 Å². The minimum atomic E-state index is -0.528. The Morgan fingerprint density at radius 2 is 2.06 bits per heavy atom. The van der Waals surface area contributed by atoms with E-state index >= 15 is 0 Å². The fourth-order valence-electron chi connectivity index (χ4n) is 1.40. The van der Waals surface area contributed by atoms with Crippen molar-refractivity contribution in [2.75, 3.05) is 25.0 Å². The van der Waals surface area contributed by atoms with E-state index in [0.717, 1.165) is 12.2 Å². The molecule has 1 rings (SSSR count). The molecule has 0 aliphatic heterocycles. The summed E-state index contributed by atoms with van der Waals surface area (Å²) in [5.41, 5.74) is 0.725. The molecule has 0 radical (unpaired) electrons. The predicted octanol–water partition coefficient (Wildman–Crippen LogP) is 0.994. The lowest BCUT2D eigenvalue weighted by molar-refractivity contribution is -0.114. The number of carbonyl (C=O) groups is 1. The molecule has 0 aliphatic carbocycles. The first-order valence-electron chi connectivity index (χ1n) is 6.01. The molecule has 0 aromatic heterocycles. The standard InChI is InChI=1S/C13H20N2O3/c1-3-14-8-12(17)9-18-13-6-4-11(5-7-13)15-10(2)16/h4-7,12,14,17H,3,8-9H2,1-2H3,(H,15,16). The zero-order valence-electron chi connectivity index (χ0n) is 10.8. The Morgan fingerprint density at radius 3 is 2.61 bits per heavy atom. The van der Waals surface area contributed by atoms with Gasteiger partial charge in [0, 0.05) is 19.2 Å². The molecule has 1 amide bonds. The van der Waals surface area contributed by atoms with Crippen molar-refractivity contribution in [3.63, 3.8) is 0 Å². The molecule has 0 saturated heterocycles. The Hall–Kier alpha value is -1.59. The van der Waals surface area contributed by atoms with Gasteiger partial charge in [-0.15, -0.1) is 0 Å². The summed E-state index contributed by atoms with van der Waals surface area (Å²) >= 11 is 0. The van der Waals surface area contributed by atoms with Crippen LogP contribution < -0.4 is 15.4 Å². The minimum Gasteiger partial charge on any atom is -0.491 e. The summed E-state index contributed by atoms with van der Waals surface area (Å²) in [6.07, 6.45) is -0.528. The van der Waals surface area contributed by atoms with Crippen LogP contribution in [0.1, 0.15) is 13.8 Å². The van der Waals surface area contributed by atoms with E-state index in [1.54, 1.807) is 24.3 Å². The van der Waals surface area contributed by atoms with Gasteiger partial charge in [0.25, 0.3) is 0 Å². The Balaban J connectivity index is 2.36. The van der Waals surface area contributed by atoms with Gasteiger partial charge >= 0.3 is 0 Å². The van der Waals surface area contributed by atoms with Crippen molar-refractivity contribution in [1.29, 1.82) is 0 Å². The second-order valence-electron chi connectivity index (χ2n) is 3.98. The van der Waals surface area contributed by atoms with Crippen LogP contribution in [0.3, 0.4) is 0 Å². The lowest BCUT2D eigenvalue weighted by Crippen LogP contribution is -2.31. The number of nitrogens with one attached hydrogen (secondary N) is 2. The Labute approximate surface area is 107 Å². The van der Waals surface area contributed by atoms with E-state index in [1.807, 2.05) is 6.92 Å². The third kappa shape index (κ3) is 5.65. The van der Waals surface area contributed by atoms with Crippen LogP contribution in [0.25, 0.3) is 0 Å². The quantitative estimate of drug-likeness (QED) is 0.677. The highest BCUT2D eigenvalue weighted by Crippen LogP contribution is 2.15. The highest BCUT2D eigenvalue weighted by molar-refractivity contribution is 5.88. The summed E-state index contributed by atoms with van der Waals surface area (Å²) in [5.74, 6) is 0.560. The Bertz CT molecular complexity index is 365. The zero-order valence-corrected chi connectivity index (χ0v) is 10.8. The molecule has 0 saturated carbocycles. The average Bonchev–Trinajstić information content (AvgIpc) is 2.35. The molecular weight excluding hydrogens is 232 g/mol. The number of amides is 1. The maximum absolute atomic E-state index is 10.8. The third-order valence-corrected chi connectivity index (χ3v) is 2.25. The Morgan fingerprint density at radius 1 is 1.39 bits per heavy atom. The predicted molar refractivity (Wildman–Crippen MR) is 70.8 cm³/mol. The van der Waals surface area contributed by atoms with Crippen molar-refractivity contribution >= 4 is 11.6 Å². The van der Waals surface area contributed by atoms with E-state index in [2.05, 4.69) is 10.6 Å². The van der Waals surface area contributed by atoms with E-state index in [4.69, 9.17) is 4.74 Å². The fourth-order valence-corrected chi connectivity index (χ4v) is 1.40. The molecule has 1 unspecified atom stereocenters. The smallest absolute Gasteiger partial charge is 0.221 e. The summed E-state index contributed by atoms with van der Waals surface area (Å²) in [4.78, 5) is 10.8. The summed E-state index contributed by atoms with van der Waals surface area (Å²) in [7, 11) is 0. The highest BCUT2D eigenvalue weighted by atomic mass is 16.5. The molecule has 0 aliphatic rings. The van der Waals surface area contributed by atoms with Crippen LogP contribution >= 0.6 is 0 Å². The van der Waals surface area contributed by atoms with Gasteiger partial charge in [0.2, 0.25) is 5.91 Å². The summed E-state index contributed by atoms with van der Waals surface area (Å²) in [6, 6.07) is 7.03. The van der Waals surface area contributed by atoms with Crippen molar-refractivity contribution in [1.82, 2.24) is 5.32 Å². The van der Waals surface area contributed by atoms with E-state index in [-0.39, 0.29) is 12.5 Å². The molecule has 0 spiro atoms. The maximum Gasteiger partial charge on any atom is 0.221 e. The van der Waals surface area contributed by atoms with Gasteiger partial charge in [-0.2, -0.15) is 0 Å². The van der Waals surface area contributed by atoms with Crippen molar-refractivity contribution in [2.24, 2.45) is 0 Å². The van der Waals surface area contributed by atoms with Crippen LogP contribution in [0.15, 0.2) is 24.3 Å². The molecule has 18 heavy (non-hydrogen) atoms. The topological polar surface area (TPSA) is 70.6 Å². The molecule has 3 N–H and O–H groups in total. The average molecular weight is 252 g/mol. The van der Waals surface area contributed by atoms with Crippen LogP contribution in [-0.4, -0.2) is 36.8 Å². The van der Waals surface area contributed by atoms with Crippen LogP contribution in [0, 0.1) is 0 Å². The molecule has 0 heterocycles. The van der Waals surface area contributed by atoms with E-state index in [9.17, 15) is 9.90 Å². The number of aliphatic hydroxyl groups is 1. The number of ether oxygens (including phenoxy) is 1. The number of benzene rings is 1. The second-order valence-corrected chi connectivity index (χ2v) is 3.98. The SMILES string of the molecule is CCNCC(O)COc1ccc(NC(C)=O)cc1. The van der Waals surface area contributed by atoms with Crippen molar-refractivity contribution < 1.29 is 14.6 Å². The molecule has 5 heteroatoms. The molecule has 0 bridgehead atoms. The monoisotopic (exact) mass is 252 g/mol. The summed E-state index contributed by atoms with van der Waals surface area (Å²) < 4.78 is 5.42. The molecule has 1 atom stereocenters. The number of aliphatic hydroxyl groups excluding tert-OH is 1. The van der Waals surface area contributed by atoms with E-state index in [0.29, 0.717) is 12.3 Å². The molecule has 5 nitrogen and oxygen atoms in total. The minimum absolute atomic E-state index is 0.107. The van der Waals surface area contributed by atoms with Gasteiger partial charge in [0.05, 0.1) is 0 Å². The van der Waals surface area contributed by atoms with Gasteiger partial charge in [0.1, 0.15) is 18.5 Å². The van der Waals surface area contributed by atoms with Crippen LogP contribution in [0.5, 0.6) is 5.75 Å². The largest absolute Gasteiger partial charge is 0.491 e. The molecule has 100 valence electrons. The van der Waals surface area contributed by atoms with Gasteiger partial charge in [0.15, 0.2) is 0 Å². The van der Waals surface area contributed by atoms with Crippen molar-refractivity contribution in [2.45, 2.75) is 20.0 Å². The lowest BCUT2D eigenvalue weighted by Gasteiger charge is -2.12. The lowest BCUT2D eigenvalue weighted by atomic mass is 10.3. The fraction of sp³-hybridized carbons (Fsp3) is 0.462. The molecular formula is C13H20N2O3. The van der Waals surface area contributed by atoms with Gasteiger partial charge in [-0.3, -0.25) is 4.79 Å².